The molecule has 2 N–H and O–H groups in total. The van der Waals surface area contributed by atoms with Crippen molar-refractivity contribution in [3.8, 4) is 0 Å². The molecule has 0 atom stereocenters. The largest absolute Gasteiger partial charge is 0.356 e. The molecule has 7 heteroatoms. The molecular weight excluding hydrogens is 473 g/mol. The van der Waals surface area contributed by atoms with Crippen molar-refractivity contribution in [3.63, 3.8) is 0 Å². The van der Waals surface area contributed by atoms with E-state index in [0.717, 1.165) is 29.5 Å². The minimum Gasteiger partial charge on any atom is -0.356 e. The molecule has 0 spiro atoms. The van der Waals surface area contributed by atoms with Gasteiger partial charge >= 0.3 is 0 Å². The van der Waals surface area contributed by atoms with Crippen LogP contribution in [0.25, 0.3) is 0 Å². The summed E-state index contributed by atoms with van der Waals surface area (Å²) in [7, 11) is -1.40. The third kappa shape index (κ3) is 6.93. The lowest BCUT2D eigenvalue weighted by atomic mass is 9.78. The second kappa shape index (κ2) is 10.1. The highest BCUT2D eigenvalue weighted by Crippen LogP contribution is 2.38. The number of guanidine groups is 1. The summed E-state index contributed by atoms with van der Waals surface area (Å²) in [6.07, 6.45) is 6.60. The fourth-order valence-electron chi connectivity index (χ4n) is 3.81. The van der Waals surface area contributed by atoms with Crippen molar-refractivity contribution in [3.05, 3.63) is 29.3 Å². The van der Waals surface area contributed by atoms with Crippen LogP contribution in [0.15, 0.2) is 28.1 Å². The molecule has 5 nitrogen and oxygen atoms in total. The second-order valence-electron chi connectivity index (χ2n) is 8.12. The number of hydrogen-bond acceptors (Lipinski definition) is 3. The molecule has 1 aliphatic rings. The van der Waals surface area contributed by atoms with Gasteiger partial charge in [0.1, 0.15) is 0 Å². The Balaban J connectivity index is 0.00000364. The van der Waals surface area contributed by atoms with E-state index in [0.29, 0.717) is 11.4 Å². The maximum Gasteiger partial charge on any atom is 0.191 e. The molecule has 0 unspecified atom stereocenters. The standard InChI is InChI=1S/C20H33N3O2S.HI/c1-15-12-16(10-11-18(15)26(5,24)25)13-22-19(21-4)23-14-20(2,3)17-8-6-7-9-17;/h10-12,17H,6-9,13-14H2,1-5H3,(H2,21,22,23);1H. The molecular formula is C20H34IN3O2S. The summed E-state index contributed by atoms with van der Waals surface area (Å²) in [5, 5.41) is 6.77. The van der Waals surface area contributed by atoms with Crippen LogP contribution in [0.3, 0.4) is 0 Å². The molecule has 0 amide bonds. The second-order valence-corrected chi connectivity index (χ2v) is 10.1. The molecule has 1 aliphatic carbocycles. The van der Waals surface area contributed by atoms with Gasteiger partial charge in [-0.25, -0.2) is 8.42 Å². The van der Waals surface area contributed by atoms with E-state index in [2.05, 4.69) is 29.5 Å². The summed E-state index contributed by atoms with van der Waals surface area (Å²) in [6, 6.07) is 5.45. The third-order valence-electron chi connectivity index (χ3n) is 5.49. The minimum atomic E-state index is -3.18. The highest BCUT2D eigenvalue weighted by atomic mass is 127. The van der Waals surface area contributed by atoms with Gasteiger partial charge in [0, 0.05) is 26.4 Å². The first-order valence-electron chi connectivity index (χ1n) is 9.37. The molecule has 1 fully saturated rings. The fraction of sp³-hybridized carbons (Fsp3) is 0.650. The van der Waals surface area contributed by atoms with E-state index in [9.17, 15) is 8.42 Å². The van der Waals surface area contributed by atoms with E-state index >= 15 is 0 Å². The van der Waals surface area contributed by atoms with E-state index in [1.807, 2.05) is 19.1 Å². The molecule has 0 saturated heterocycles. The SMILES string of the molecule is CN=C(NCc1ccc(S(C)(=O)=O)c(C)c1)NCC(C)(C)C1CCCC1.I. The van der Waals surface area contributed by atoms with Gasteiger partial charge in [0.05, 0.1) is 4.90 Å². The van der Waals surface area contributed by atoms with Gasteiger partial charge in [-0.05, 0) is 48.3 Å². The van der Waals surface area contributed by atoms with Crippen LogP contribution in [0.2, 0.25) is 0 Å². The molecule has 0 heterocycles. The topological polar surface area (TPSA) is 70.6 Å². The first kappa shape index (κ1) is 24.2. The van der Waals surface area contributed by atoms with Gasteiger partial charge in [0.2, 0.25) is 0 Å². The van der Waals surface area contributed by atoms with E-state index < -0.39 is 9.84 Å². The molecule has 27 heavy (non-hydrogen) atoms. The van der Waals surface area contributed by atoms with Crippen LogP contribution in [-0.2, 0) is 16.4 Å². The van der Waals surface area contributed by atoms with E-state index in [-0.39, 0.29) is 29.4 Å². The summed E-state index contributed by atoms with van der Waals surface area (Å²) in [5.41, 5.74) is 2.06. The average Bonchev–Trinajstić information content (AvgIpc) is 3.09. The van der Waals surface area contributed by atoms with Crippen molar-refractivity contribution in [2.24, 2.45) is 16.3 Å². The van der Waals surface area contributed by atoms with Crippen LogP contribution in [0.5, 0.6) is 0 Å². The molecule has 1 saturated carbocycles. The van der Waals surface area contributed by atoms with E-state index in [1.165, 1.54) is 31.9 Å². The van der Waals surface area contributed by atoms with Crippen LogP contribution >= 0.6 is 24.0 Å². The number of aliphatic imine (C=N–C) groups is 1. The number of nitrogens with one attached hydrogen (secondary N) is 2. The highest BCUT2D eigenvalue weighted by Gasteiger charge is 2.31. The van der Waals surface area contributed by atoms with Gasteiger partial charge in [-0.2, -0.15) is 0 Å². The predicted octanol–water partition coefficient (Wildman–Crippen LogP) is 3.90. The van der Waals surface area contributed by atoms with Crippen molar-refractivity contribution in [2.75, 3.05) is 19.8 Å². The van der Waals surface area contributed by atoms with Gasteiger partial charge in [0.25, 0.3) is 0 Å². The Bertz CT molecular complexity index is 754. The molecule has 0 bridgehead atoms. The van der Waals surface area contributed by atoms with Crippen molar-refractivity contribution >= 4 is 39.8 Å². The fourth-order valence-corrected chi connectivity index (χ4v) is 4.77. The molecule has 1 aromatic rings. The molecule has 0 aromatic heterocycles. The van der Waals surface area contributed by atoms with Gasteiger partial charge in [-0.1, -0.05) is 38.8 Å². The Morgan fingerprint density at radius 1 is 1.22 bits per heavy atom. The number of aryl methyl sites for hydroxylation is 1. The van der Waals surface area contributed by atoms with Crippen molar-refractivity contribution in [2.45, 2.75) is 57.9 Å². The molecule has 2 rings (SSSR count). The first-order valence-corrected chi connectivity index (χ1v) is 11.3. The summed E-state index contributed by atoms with van der Waals surface area (Å²) in [4.78, 5) is 4.70. The summed E-state index contributed by atoms with van der Waals surface area (Å²) < 4.78 is 23.4. The third-order valence-corrected chi connectivity index (χ3v) is 6.75. The first-order chi connectivity index (χ1) is 12.1. The van der Waals surface area contributed by atoms with E-state index in [1.54, 1.807) is 13.1 Å². The lowest BCUT2D eigenvalue weighted by Gasteiger charge is -2.32. The molecule has 0 aliphatic heterocycles. The smallest absolute Gasteiger partial charge is 0.191 e. The molecule has 1 aromatic carbocycles. The van der Waals surface area contributed by atoms with Gasteiger partial charge in [-0.3, -0.25) is 4.99 Å². The zero-order valence-corrected chi connectivity index (χ0v) is 20.3. The molecule has 154 valence electrons. The summed E-state index contributed by atoms with van der Waals surface area (Å²) >= 11 is 0. The van der Waals surface area contributed by atoms with Gasteiger partial charge < -0.3 is 10.6 Å². The average molecular weight is 507 g/mol. The zero-order chi connectivity index (χ0) is 19.4. The quantitative estimate of drug-likeness (QED) is 0.348. The van der Waals surface area contributed by atoms with Crippen LogP contribution < -0.4 is 10.6 Å². The van der Waals surface area contributed by atoms with Crippen LogP contribution in [0, 0.1) is 18.3 Å². The maximum absolute atomic E-state index is 11.7. The monoisotopic (exact) mass is 507 g/mol. The predicted molar refractivity (Wildman–Crippen MR) is 124 cm³/mol. The number of rotatable bonds is 6. The summed E-state index contributed by atoms with van der Waals surface area (Å²) in [5.74, 6) is 1.56. The maximum atomic E-state index is 11.7. The van der Waals surface area contributed by atoms with Crippen molar-refractivity contribution < 1.29 is 8.42 Å². The highest BCUT2D eigenvalue weighted by molar-refractivity contribution is 14.0. The van der Waals surface area contributed by atoms with Crippen molar-refractivity contribution in [1.29, 1.82) is 0 Å². The lowest BCUT2D eigenvalue weighted by molar-refractivity contribution is 0.218. The number of sulfone groups is 1. The van der Waals surface area contributed by atoms with E-state index in [4.69, 9.17) is 0 Å². The summed E-state index contributed by atoms with van der Waals surface area (Å²) in [6.45, 7) is 7.99. The molecule has 0 radical (unpaired) electrons. The van der Waals surface area contributed by atoms with Crippen LogP contribution in [-0.4, -0.2) is 34.2 Å². The Labute approximate surface area is 181 Å². The lowest BCUT2D eigenvalue weighted by Crippen LogP contribution is -2.43. The minimum absolute atomic E-state index is 0. The van der Waals surface area contributed by atoms with Crippen molar-refractivity contribution in [1.82, 2.24) is 10.6 Å². The number of nitrogens with zero attached hydrogens (tertiary/aromatic N) is 1. The van der Waals surface area contributed by atoms with Gasteiger partial charge in [-0.15, -0.1) is 24.0 Å². The number of hydrogen-bond donors (Lipinski definition) is 2. The normalized spacial score (nSPS) is 16.1. The Hall–Kier alpha value is -0.830. The number of benzene rings is 1. The van der Waals surface area contributed by atoms with Gasteiger partial charge in [0.15, 0.2) is 15.8 Å². The van der Waals surface area contributed by atoms with Crippen LogP contribution in [0.4, 0.5) is 0 Å². The Kier molecular flexibility index (Phi) is 9.05. The Morgan fingerprint density at radius 3 is 2.37 bits per heavy atom. The number of halogens is 1. The van der Waals surface area contributed by atoms with Crippen LogP contribution in [0.1, 0.15) is 50.7 Å². The Morgan fingerprint density at radius 2 is 1.85 bits per heavy atom. The zero-order valence-electron chi connectivity index (χ0n) is 17.1.